The Morgan fingerprint density at radius 3 is 2.40 bits per heavy atom. The van der Waals surface area contributed by atoms with E-state index in [2.05, 4.69) is 24.3 Å². The molecule has 0 aromatic heterocycles. The number of piperidine rings is 1. The van der Waals surface area contributed by atoms with Crippen LogP contribution in [0.4, 0.5) is 4.39 Å². The van der Waals surface area contributed by atoms with Crippen molar-refractivity contribution >= 4 is 15.9 Å². The second-order valence-corrected chi connectivity index (χ2v) is 13.5. The summed E-state index contributed by atoms with van der Waals surface area (Å²) in [5.41, 5.74) is 1.17. The molecule has 1 aliphatic heterocycles. The molecule has 2 atom stereocenters. The van der Waals surface area contributed by atoms with E-state index in [1.165, 1.54) is 9.87 Å². The molecule has 9 heteroatoms. The van der Waals surface area contributed by atoms with Crippen LogP contribution in [0.3, 0.4) is 0 Å². The fraction of sp³-hybridized carbons (Fsp3) is 0.581. The van der Waals surface area contributed by atoms with Crippen molar-refractivity contribution in [2.24, 2.45) is 17.8 Å². The molecule has 4 rings (SSSR count). The van der Waals surface area contributed by atoms with E-state index < -0.39 is 10.0 Å². The second kappa shape index (κ2) is 14.5. The third kappa shape index (κ3) is 8.35. The molecule has 7 nitrogen and oxygen atoms in total. The number of rotatable bonds is 12. The molecule has 2 aliphatic rings. The van der Waals surface area contributed by atoms with E-state index in [1.807, 2.05) is 12.1 Å². The van der Waals surface area contributed by atoms with Crippen molar-refractivity contribution in [2.75, 3.05) is 46.9 Å². The van der Waals surface area contributed by atoms with Gasteiger partial charge in [0.05, 0.1) is 11.5 Å². The summed E-state index contributed by atoms with van der Waals surface area (Å²) in [7, 11) is 0.679. The normalized spacial score (nSPS) is 23.1. The zero-order valence-corrected chi connectivity index (χ0v) is 24.6. The number of benzene rings is 2. The maximum atomic E-state index is 13.4. The molecular weight excluding hydrogens is 529 g/mol. The first-order chi connectivity index (χ1) is 19.2. The highest BCUT2D eigenvalue weighted by Gasteiger charge is 2.31. The molecule has 1 amide bonds. The summed E-state index contributed by atoms with van der Waals surface area (Å²) in [4.78, 5) is 14.9. The predicted octanol–water partition coefficient (Wildman–Crippen LogP) is 4.86. The second-order valence-electron chi connectivity index (χ2n) is 11.6. The highest BCUT2D eigenvalue weighted by molar-refractivity contribution is 7.89. The number of hydrogen-bond acceptors (Lipinski definition) is 5. The standard InChI is InChI=1S/C31H44FN3O4S/c1-34(2)31(27-14-16-28(32)17-15-27)26-12-10-24(11-13-26)18-19-33-30(36)23-39-22-25-7-6-20-35(21-25)40(37,38)29-8-4-3-5-9-29/h3-5,8-9,14-17,24-26,31H,6-7,10-13,18-23H2,1-2H3,(H,33,36). The van der Waals surface area contributed by atoms with Crippen molar-refractivity contribution in [3.05, 3.63) is 66.0 Å². The van der Waals surface area contributed by atoms with Gasteiger partial charge >= 0.3 is 0 Å². The van der Waals surface area contributed by atoms with Crippen LogP contribution in [-0.2, 0) is 19.6 Å². The van der Waals surface area contributed by atoms with Gasteiger partial charge < -0.3 is 15.0 Å². The Morgan fingerprint density at radius 2 is 1.73 bits per heavy atom. The Kier molecular flexibility index (Phi) is 11.1. The van der Waals surface area contributed by atoms with Gasteiger partial charge in [-0.2, -0.15) is 4.31 Å². The number of carbonyl (C=O) groups is 1. The minimum absolute atomic E-state index is 0.00311. The summed E-state index contributed by atoms with van der Waals surface area (Å²) in [6.45, 7) is 1.94. The fourth-order valence-electron chi connectivity index (χ4n) is 6.35. The van der Waals surface area contributed by atoms with Crippen LogP contribution in [0.25, 0.3) is 0 Å². The van der Waals surface area contributed by atoms with Crippen LogP contribution in [0.2, 0.25) is 0 Å². The molecule has 220 valence electrons. The van der Waals surface area contributed by atoms with Crippen molar-refractivity contribution in [1.82, 2.24) is 14.5 Å². The average Bonchev–Trinajstić information content (AvgIpc) is 2.95. The first-order valence-corrected chi connectivity index (χ1v) is 16.0. The van der Waals surface area contributed by atoms with Crippen LogP contribution in [0.5, 0.6) is 0 Å². The van der Waals surface area contributed by atoms with Gasteiger partial charge in [0.2, 0.25) is 15.9 Å². The van der Waals surface area contributed by atoms with Gasteiger partial charge in [-0.05, 0) is 93.8 Å². The Balaban J connectivity index is 1.12. The van der Waals surface area contributed by atoms with E-state index in [1.54, 1.807) is 42.5 Å². The highest BCUT2D eigenvalue weighted by Crippen LogP contribution is 2.40. The molecule has 0 spiro atoms. The van der Waals surface area contributed by atoms with Gasteiger partial charge in [0.15, 0.2) is 0 Å². The number of halogens is 1. The number of amides is 1. The van der Waals surface area contributed by atoms with Gasteiger partial charge in [0.25, 0.3) is 0 Å². The summed E-state index contributed by atoms with van der Waals surface area (Å²) in [5.74, 6) is 0.886. The fourth-order valence-corrected chi connectivity index (χ4v) is 7.93. The van der Waals surface area contributed by atoms with Gasteiger partial charge in [-0.3, -0.25) is 4.79 Å². The quantitative estimate of drug-likeness (QED) is 0.393. The summed E-state index contributed by atoms with van der Waals surface area (Å²) in [6, 6.07) is 15.7. The number of carbonyl (C=O) groups excluding carboxylic acids is 1. The largest absolute Gasteiger partial charge is 0.371 e. The Labute approximate surface area is 239 Å². The van der Waals surface area contributed by atoms with Crippen LogP contribution < -0.4 is 5.32 Å². The van der Waals surface area contributed by atoms with Crippen LogP contribution in [0, 0.1) is 23.6 Å². The van der Waals surface area contributed by atoms with Crippen molar-refractivity contribution in [3.8, 4) is 0 Å². The van der Waals surface area contributed by atoms with Gasteiger partial charge in [-0.25, -0.2) is 12.8 Å². The maximum Gasteiger partial charge on any atom is 0.245 e. The smallest absolute Gasteiger partial charge is 0.245 e. The molecule has 1 saturated carbocycles. The predicted molar refractivity (Wildman–Crippen MR) is 155 cm³/mol. The van der Waals surface area contributed by atoms with Gasteiger partial charge in [0, 0.05) is 25.7 Å². The molecule has 1 aliphatic carbocycles. The van der Waals surface area contributed by atoms with Gasteiger partial charge in [-0.15, -0.1) is 0 Å². The number of nitrogens with zero attached hydrogens (tertiary/aromatic N) is 2. The zero-order valence-electron chi connectivity index (χ0n) is 23.8. The summed E-state index contributed by atoms with van der Waals surface area (Å²) < 4.78 is 46.5. The van der Waals surface area contributed by atoms with E-state index in [4.69, 9.17) is 4.74 Å². The van der Waals surface area contributed by atoms with E-state index in [0.29, 0.717) is 43.0 Å². The van der Waals surface area contributed by atoms with E-state index in [0.717, 1.165) is 44.9 Å². The first-order valence-electron chi connectivity index (χ1n) is 14.6. The minimum Gasteiger partial charge on any atom is -0.371 e. The third-order valence-electron chi connectivity index (χ3n) is 8.43. The lowest BCUT2D eigenvalue weighted by atomic mass is 9.75. The monoisotopic (exact) mass is 573 g/mol. The van der Waals surface area contributed by atoms with E-state index >= 15 is 0 Å². The molecular formula is C31H44FN3O4S. The van der Waals surface area contributed by atoms with Crippen LogP contribution in [0.1, 0.15) is 56.6 Å². The van der Waals surface area contributed by atoms with Gasteiger partial charge in [0.1, 0.15) is 12.4 Å². The molecule has 1 heterocycles. The minimum atomic E-state index is -3.51. The van der Waals surface area contributed by atoms with E-state index in [9.17, 15) is 17.6 Å². The SMILES string of the molecule is CN(C)C(c1ccc(F)cc1)C1CCC(CCNC(=O)COCC2CCCN(S(=O)(=O)c3ccccc3)C2)CC1. The van der Waals surface area contributed by atoms with Crippen LogP contribution in [0.15, 0.2) is 59.5 Å². The summed E-state index contributed by atoms with van der Waals surface area (Å²) in [5, 5.41) is 2.99. The van der Waals surface area contributed by atoms with E-state index in [-0.39, 0.29) is 30.3 Å². The summed E-state index contributed by atoms with van der Waals surface area (Å²) in [6.07, 6.45) is 7.14. The number of hydrogen-bond donors (Lipinski definition) is 1. The molecule has 0 radical (unpaired) electrons. The Morgan fingerprint density at radius 1 is 1.02 bits per heavy atom. The molecule has 2 aromatic rings. The maximum absolute atomic E-state index is 13.4. The molecule has 40 heavy (non-hydrogen) atoms. The zero-order chi connectivity index (χ0) is 28.5. The van der Waals surface area contributed by atoms with Crippen molar-refractivity contribution in [3.63, 3.8) is 0 Å². The molecule has 1 N–H and O–H groups in total. The third-order valence-corrected chi connectivity index (χ3v) is 10.3. The molecule has 2 fully saturated rings. The topological polar surface area (TPSA) is 79.0 Å². The Hall–Kier alpha value is -2.33. The van der Waals surface area contributed by atoms with Crippen molar-refractivity contribution in [2.45, 2.75) is 55.9 Å². The highest BCUT2D eigenvalue weighted by atomic mass is 32.2. The average molecular weight is 574 g/mol. The summed E-state index contributed by atoms with van der Waals surface area (Å²) >= 11 is 0. The lowest BCUT2D eigenvalue weighted by Gasteiger charge is -2.37. The van der Waals surface area contributed by atoms with Crippen LogP contribution in [-0.4, -0.2) is 70.5 Å². The first kappa shape index (κ1) is 30.6. The number of sulfonamides is 1. The molecule has 0 bridgehead atoms. The Bertz CT molecular complexity index is 1170. The number of nitrogens with one attached hydrogen (secondary N) is 1. The number of ether oxygens (including phenoxy) is 1. The van der Waals surface area contributed by atoms with Crippen molar-refractivity contribution < 1.29 is 22.3 Å². The van der Waals surface area contributed by atoms with Gasteiger partial charge in [-0.1, -0.05) is 43.2 Å². The molecule has 2 unspecified atom stereocenters. The van der Waals surface area contributed by atoms with Crippen molar-refractivity contribution in [1.29, 1.82) is 0 Å². The lowest BCUT2D eigenvalue weighted by Crippen LogP contribution is -2.41. The molecule has 1 saturated heterocycles. The lowest BCUT2D eigenvalue weighted by molar-refractivity contribution is -0.126. The van der Waals surface area contributed by atoms with Crippen LogP contribution >= 0.6 is 0 Å². The molecule has 2 aromatic carbocycles.